The van der Waals surface area contributed by atoms with E-state index in [1.165, 1.54) is 12.6 Å². The lowest BCUT2D eigenvalue weighted by Gasteiger charge is -2.21. The standard InChI is InChI=1S/C22H22N2O3/c1-14(25)23-17-8-10-21-19(12-17)18-11-16(7-9-20(18)24-21)22(26)27-13-15-5-3-2-4-6-15/h2-6,8,10,12,16,24H,7,9,11,13H2,1H3,(H,23,25). The number of hydrogen-bond donors (Lipinski definition) is 2. The molecule has 0 fully saturated rings. The number of aromatic nitrogens is 1. The van der Waals surface area contributed by atoms with E-state index >= 15 is 0 Å². The third kappa shape index (κ3) is 3.72. The molecule has 2 aromatic carbocycles. The Morgan fingerprint density at radius 3 is 2.78 bits per heavy atom. The second kappa shape index (κ2) is 7.27. The number of ether oxygens (including phenoxy) is 1. The van der Waals surface area contributed by atoms with E-state index in [0.717, 1.165) is 40.6 Å². The number of esters is 1. The number of benzene rings is 2. The molecule has 5 heteroatoms. The number of carbonyl (C=O) groups is 2. The zero-order valence-corrected chi connectivity index (χ0v) is 15.2. The molecule has 0 aliphatic heterocycles. The number of aryl methyl sites for hydroxylation is 1. The van der Waals surface area contributed by atoms with Crippen molar-refractivity contribution in [3.05, 3.63) is 65.4 Å². The summed E-state index contributed by atoms with van der Waals surface area (Å²) in [7, 11) is 0. The molecule has 1 aliphatic carbocycles. The zero-order valence-electron chi connectivity index (χ0n) is 15.2. The van der Waals surface area contributed by atoms with Crippen molar-refractivity contribution >= 4 is 28.5 Å². The average molecular weight is 362 g/mol. The molecule has 1 unspecified atom stereocenters. The Kier molecular flexibility index (Phi) is 4.67. The molecule has 1 heterocycles. The van der Waals surface area contributed by atoms with Gasteiger partial charge in [-0.3, -0.25) is 9.59 Å². The van der Waals surface area contributed by atoms with Crippen LogP contribution in [0.2, 0.25) is 0 Å². The fraction of sp³-hybridized carbons (Fsp3) is 0.273. The van der Waals surface area contributed by atoms with Gasteiger partial charge in [0.25, 0.3) is 0 Å². The fourth-order valence-electron chi connectivity index (χ4n) is 3.75. The van der Waals surface area contributed by atoms with Gasteiger partial charge in [0, 0.05) is 29.2 Å². The monoisotopic (exact) mass is 362 g/mol. The lowest BCUT2D eigenvalue weighted by atomic mass is 9.86. The van der Waals surface area contributed by atoms with E-state index in [2.05, 4.69) is 10.3 Å². The second-order valence-corrected chi connectivity index (χ2v) is 7.06. The van der Waals surface area contributed by atoms with Crippen molar-refractivity contribution in [2.75, 3.05) is 5.32 Å². The first-order valence-corrected chi connectivity index (χ1v) is 9.22. The summed E-state index contributed by atoms with van der Waals surface area (Å²) in [6, 6.07) is 15.6. The highest BCUT2D eigenvalue weighted by atomic mass is 16.5. The molecule has 1 atom stereocenters. The number of fused-ring (bicyclic) bond motifs is 3. The van der Waals surface area contributed by atoms with Crippen molar-refractivity contribution in [1.29, 1.82) is 0 Å². The Balaban J connectivity index is 1.51. The molecule has 0 saturated heterocycles. The highest BCUT2D eigenvalue weighted by Gasteiger charge is 2.28. The van der Waals surface area contributed by atoms with Gasteiger partial charge in [-0.2, -0.15) is 0 Å². The third-order valence-corrected chi connectivity index (χ3v) is 5.07. The summed E-state index contributed by atoms with van der Waals surface area (Å²) in [4.78, 5) is 27.3. The molecule has 0 spiro atoms. The number of hydrogen-bond acceptors (Lipinski definition) is 3. The molecule has 1 aromatic heterocycles. The minimum absolute atomic E-state index is 0.0962. The largest absolute Gasteiger partial charge is 0.461 e. The minimum atomic E-state index is -0.142. The normalized spacial score (nSPS) is 16.0. The average Bonchev–Trinajstić information content (AvgIpc) is 3.03. The van der Waals surface area contributed by atoms with Crippen LogP contribution in [0, 0.1) is 5.92 Å². The number of anilines is 1. The second-order valence-electron chi connectivity index (χ2n) is 7.06. The van der Waals surface area contributed by atoms with Gasteiger partial charge in [-0.1, -0.05) is 30.3 Å². The van der Waals surface area contributed by atoms with Gasteiger partial charge >= 0.3 is 5.97 Å². The smallest absolute Gasteiger partial charge is 0.309 e. The van der Waals surface area contributed by atoms with Crippen molar-refractivity contribution in [1.82, 2.24) is 4.98 Å². The number of H-pyrrole nitrogens is 1. The summed E-state index contributed by atoms with van der Waals surface area (Å²) in [6.07, 6.45) is 2.27. The van der Waals surface area contributed by atoms with E-state index in [0.29, 0.717) is 13.0 Å². The molecule has 1 aliphatic rings. The Bertz CT molecular complexity index is 991. The highest BCUT2D eigenvalue weighted by molar-refractivity contribution is 5.94. The third-order valence-electron chi connectivity index (χ3n) is 5.07. The number of nitrogens with one attached hydrogen (secondary N) is 2. The zero-order chi connectivity index (χ0) is 18.8. The van der Waals surface area contributed by atoms with Gasteiger partial charge in [0.05, 0.1) is 5.92 Å². The first kappa shape index (κ1) is 17.3. The summed E-state index contributed by atoms with van der Waals surface area (Å²) in [6.45, 7) is 1.80. The van der Waals surface area contributed by atoms with E-state index in [4.69, 9.17) is 4.74 Å². The van der Waals surface area contributed by atoms with Crippen LogP contribution < -0.4 is 5.32 Å². The molecule has 138 valence electrons. The van der Waals surface area contributed by atoms with Gasteiger partial charge in [-0.05, 0) is 48.6 Å². The van der Waals surface area contributed by atoms with E-state index in [9.17, 15) is 9.59 Å². The van der Waals surface area contributed by atoms with Crippen molar-refractivity contribution < 1.29 is 14.3 Å². The number of rotatable bonds is 4. The SMILES string of the molecule is CC(=O)Nc1ccc2[nH]c3c(c2c1)CC(C(=O)OCc1ccccc1)CC3. The molecule has 27 heavy (non-hydrogen) atoms. The van der Waals surface area contributed by atoms with Crippen LogP contribution in [0.1, 0.15) is 30.2 Å². The Morgan fingerprint density at radius 1 is 1.19 bits per heavy atom. The predicted octanol–water partition coefficient (Wildman–Crippen LogP) is 3.97. The van der Waals surface area contributed by atoms with Gasteiger partial charge in [0.2, 0.25) is 5.91 Å². The molecule has 5 nitrogen and oxygen atoms in total. The van der Waals surface area contributed by atoms with Crippen LogP contribution in [0.3, 0.4) is 0 Å². The summed E-state index contributed by atoms with van der Waals surface area (Å²) in [5.41, 5.74) is 5.13. The van der Waals surface area contributed by atoms with E-state index in [1.54, 1.807) is 0 Å². The van der Waals surface area contributed by atoms with Crippen LogP contribution in [0.5, 0.6) is 0 Å². The van der Waals surface area contributed by atoms with Gasteiger partial charge < -0.3 is 15.0 Å². The molecule has 0 radical (unpaired) electrons. The van der Waals surface area contributed by atoms with Crippen LogP contribution in [0.15, 0.2) is 48.5 Å². The first-order valence-electron chi connectivity index (χ1n) is 9.22. The number of amides is 1. The Hall–Kier alpha value is -3.08. The summed E-state index contributed by atoms with van der Waals surface area (Å²) < 4.78 is 5.54. The Labute approximate surface area is 157 Å². The van der Waals surface area contributed by atoms with Gasteiger partial charge in [-0.15, -0.1) is 0 Å². The van der Waals surface area contributed by atoms with Gasteiger partial charge in [0.1, 0.15) is 6.61 Å². The molecule has 1 amide bonds. The van der Waals surface area contributed by atoms with Crippen LogP contribution >= 0.6 is 0 Å². The molecular formula is C22H22N2O3. The molecule has 3 aromatic rings. The van der Waals surface area contributed by atoms with Crippen molar-refractivity contribution in [2.45, 2.75) is 32.8 Å². The quantitative estimate of drug-likeness (QED) is 0.690. The van der Waals surface area contributed by atoms with Gasteiger partial charge in [0.15, 0.2) is 0 Å². The summed E-state index contributed by atoms with van der Waals surface area (Å²) in [5.74, 6) is -0.373. The van der Waals surface area contributed by atoms with E-state index in [-0.39, 0.29) is 17.8 Å². The van der Waals surface area contributed by atoms with Crippen LogP contribution in [0.4, 0.5) is 5.69 Å². The fourth-order valence-corrected chi connectivity index (χ4v) is 3.75. The van der Waals surface area contributed by atoms with Gasteiger partial charge in [-0.25, -0.2) is 0 Å². The molecule has 0 bridgehead atoms. The van der Waals surface area contributed by atoms with Crippen LogP contribution in [0.25, 0.3) is 10.9 Å². The lowest BCUT2D eigenvalue weighted by Crippen LogP contribution is -2.24. The topological polar surface area (TPSA) is 71.2 Å². The lowest BCUT2D eigenvalue weighted by molar-refractivity contribution is -0.150. The van der Waals surface area contributed by atoms with Crippen molar-refractivity contribution in [3.8, 4) is 0 Å². The maximum atomic E-state index is 12.6. The van der Waals surface area contributed by atoms with Crippen LogP contribution in [-0.4, -0.2) is 16.9 Å². The maximum Gasteiger partial charge on any atom is 0.309 e. The Morgan fingerprint density at radius 2 is 2.00 bits per heavy atom. The first-order chi connectivity index (χ1) is 13.1. The predicted molar refractivity (Wildman–Crippen MR) is 104 cm³/mol. The van der Waals surface area contributed by atoms with Crippen molar-refractivity contribution in [2.24, 2.45) is 5.92 Å². The van der Waals surface area contributed by atoms with E-state index in [1.807, 2.05) is 48.5 Å². The number of aromatic amines is 1. The van der Waals surface area contributed by atoms with Crippen LogP contribution in [-0.2, 0) is 33.8 Å². The summed E-state index contributed by atoms with van der Waals surface area (Å²) in [5, 5.41) is 3.89. The maximum absolute atomic E-state index is 12.6. The molecule has 2 N–H and O–H groups in total. The van der Waals surface area contributed by atoms with E-state index < -0.39 is 0 Å². The highest BCUT2D eigenvalue weighted by Crippen LogP contribution is 2.33. The molecular weight excluding hydrogens is 340 g/mol. The number of carbonyl (C=O) groups excluding carboxylic acids is 2. The minimum Gasteiger partial charge on any atom is -0.461 e. The summed E-state index contributed by atoms with van der Waals surface area (Å²) >= 11 is 0. The molecule has 4 rings (SSSR count). The molecule has 0 saturated carbocycles. The van der Waals surface area contributed by atoms with Crippen molar-refractivity contribution in [3.63, 3.8) is 0 Å².